The Morgan fingerprint density at radius 3 is 2.21 bits per heavy atom. The van der Waals surface area contributed by atoms with Gasteiger partial charge in [0, 0.05) is 17.6 Å². The number of amides is 2. The molecule has 0 fully saturated rings. The van der Waals surface area contributed by atoms with Gasteiger partial charge in [-0.1, -0.05) is 59.6 Å². The average molecular weight is 605 g/mol. The zero-order valence-corrected chi connectivity index (χ0v) is 23.7. The molecule has 0 aliphatic carbocycles. The number of rotatable bonds is 12. The number of nitrogens with zero attached hydrogens (tertiary/aromatic N) is 2. The van der Waals surface area contributed by atoms with Crippen LogP contribution in [0.25, 0.3) is 0 Å². The van der Waals surface area contributed by atoms with Crippen molar-refractivity contribution in [3.8, 4) is 0 Å². The molecule has 0 unspecified atom stereocenters. The van der Waals surface area contributed by atoms with Crippen molar-refractivity contribution in [3.05, 3.63) is 94.7 Å². The highest BCUT2D eigenvalue weighted by Crippen LogP contribution is 2.24. The lowest BCUT2D eigenvalue weighted by molar-refractivity contribution is -0.139. The maximum atomic E-state index is 13.8. The van der Waals surface area contributed by atoms with E-state index in [2.05, 4.69) is 21.2 Å². The van der Waals surface area contributed by atoms with Gasteiger partial charge >= 0.3 is 0 Å². The minimum absolute atomic E-state index is 0.105. The molecule has 7 nitrogen and oxygen atoms in total. The van der Waals surface area contributed by atoms with E-state index in [1.807, 2.05) is 31.2 Å². The van der Waals surface area contributed by atoms with Crippen LogP contribution in [0.5, 0.6) is 0 Å². The van der Waals surface area contributed by atoms with Gasteiger partial charge in [-0.2, -0.15) is 0 Å². The fourth-order valence-electron chi connectivity index (χ4n) is 3.76. The maximum Gasteiger partial charge on any atom is 0.264 e. The van der Waals surface area contributed by atoms with Crippen molar-refractivity contribution in [1.82, 2.24) is 10.2 Å². The molecule has 0 heterocycles. The van der Waals surface area contributed by atoms with Crippen LogP contribution in [0.3, 0.4) is 0 Å². The topological polar surface area (TPSA) is 86.8 Å². The van der Waals surface area contributed by atoms with Crippen molar-refractivity contribution in [3.63, 3.8) is 0 Å². The van der Waals surface area contributed by atoms with E-state index in [0.717, 1.165) is 51.4 Å². The molecule has 0 aliphatic heterocycles. The van der Waals surface area contributed by atoms with Crippen molar-refractivity contribution in [2.75, 3.05) is 17.4 Å². The van der Waals surface area contributed by atoms with E-state index in [-0.39, 0.29) is 23.0 Å². The van der Waals surface area contributed by atoms with Crippen LogP contribution in [0.1, 0.15) is 32.3 Å². The first-order chi connectivity index (χ1) is 18.1. The summed E-state index contributed by atoms with van der Waals surface area (Å²) in [7, 11) is -4.23. The summed E-state index contributed by atoms with van der Waals surface area (Å²) >= 11 is 3.39. The van der Waals surface area contributed by atoms with Crippen LogP contribution in [-0.4, -0.2) is 44.3 Å². The Hall–Kier alpha value is -3.24. The molecule has 10 heteroatoms. The summed E-state index contributed by atoms with van der Waals surface area (Å²) < 4.78 is 42.6. The van der Waals surface area contributed by atoms with Gasteiger partial charge in [0.1, 0.15) is 18.4 Å². The highest BCUT2D eigenvalue weighted by Gasteiger charge is 2.32. The lowest BCUT2D eigenvalue weighted by Crippen LogP contribution is -2.51. The smallest absolute Gasteiger partial charge is 0.264 e. The van der Waals surface area contributed by atoms with Crippen LogP contribution in [0.15, 0.2) is 88.2 Å². The summed E-state index contributed by atoms with van der Waals surface area (Å²) in [6.07, 6.45) is 1.71. The van der Waals surface area contributed by atoms with Crippen LogP contribution in [0.4, 0.5) is 10.1 Å². The van der Waals surface area contributed by atoms with E-state index in [4.69, 9.17) is 0 Å². The number of halogens is 2. The highest BCUT2D eigenvalue weighted by atomic mass is 79.9. The Morgan fingerprint density at radius 1 is 0.974 bits per heavy atom. The summed E-state index contributed by atoms with van der Waals surface area (Å²) in [4.78, 5) is 27.9. The molecule has 0 bridgehead atoms. The molecule has 0 spiro atoms. The summed E-state index contributed by atoms with van der Waals surface area (Å²) in [5, 5.41) is 2.85. The second kappa shape index (κ2) is 13.5. The van der Waals surface area contributed by atoms with Crippen LogP contribution < -0.4 is 9.62 Å². The highest BCUT2D eigenvalue weighted by molar-refractivity contribution is 9.10. The number of unbranched alkanes of at least 4 members (excludes halogenated alkanes) is 1. The first-order valence-corrected chi connectivity index (χ1v) is 14.5. The molecule has 3 aromatic rings. The molecule has 0 radical (unpaired) electrons. The molecular formula is C28H31BrFN3O4S. The van der Waals surface area contributed by atoms with E-state index in [0.29, 0.717) is 6.54 Å². The van der Waals surface area contributed by atoms with Gasteiger partial charge in [0.25, 0.3) is 10.0 Å². The molecule has 38 heavy (non-hydrogen) atoms. The van der Waals surface area contributed by atoms with Crippen LogP contribution in [0.2, 0.25) is 0 Å². The largest absolute Gasteiger partial charge is 0.354 e. The molecular weight excluding hydrogens is 573 g/mol. The van der Waals surface area contributed by atoms with Gasteiger partial charge in [0.2, 0.25) is 11.8 Å². The minimum atomic E-state index is -4.23. The summed E-state index contributed by atoms with van der Waals surface area (Å²) in [5.41, 5.74) is 1.05. The van der Waals surface area contributed by atoms with E-state index in [1.165, 1.54) is 4.90 Å². The maximum absolute atomic E-state index is 13.8. The van der Waals surface area contributed by atoms with Gasteiger partial charge in [-0.05, 0) is 67.4 Å². The number of anilines is 1. The number of benzene rings is 3. The Bertz CT molecular complexity index is 1320. The Kier molecular flexibility index (Phi) is 10.4. The molecule has 3 aromatic carbocycles. The van der Waals surface area contributed by atoms with Gasteiger partial charge in [-0.25, -0.2) is 12.8 Å². The predicted molar refractivity (Wildman–Crippen MR) is 149 cm³/mol. The molecule has 0 saturated carbocycles. The van der Waals surface area contributed by atoms with Crippen molar-refractivity contribution >= 4 is 43.5 Å². The number of hydrogen-bond acceptors (Lipinski definition) is 4. The number of para-hydroxylation sites is 1. The van der Waals surface area contributed by atoms with Crippen LogP contribution >= 0.6 is 15.9 Å². The first kappa shape index (κ1) is 29.3. The Morgan fingerprint density at radius 2 is 1.61 bits per heavy atom. The number of nitrogens with one attached hydrogen (secondary N) is 1. The van der Waals surface area contributed by atoms with Crippen molar-refractivity contribution in [2.24, 2.45) is 0 Å². The van der Waals surface area contributed by atoms with Crippen LogP contribution in [-0.2, 0) is 26.2 Å². The standard InChI is InChI=1S/C28H31BrFN3O4S/c1-3-4-18-31-28(35)21(2)32(19-22-10-12-23(29)13-11-22)27(34)20-33(25-8-6-5-7-9-25)38(36,37)26-16-14-24(30)15-17-26/h5-17,21H,3-4,18-20H2,1-2H3,(H,31,35)/t21-/m0/s1. The van der Waals surface area contributed by atoms with Crippen LogP contribution in [0, 0.1) is 5.82 Å². The monoisotopic (exact) mass is 603 g/mol. The Balaban J connectivity index is 1.96. The van der Waals surface area contributed by atoms with Crippen molar-refractivity contribution in [1.29, 1.82) is 0 Å². The van der Waals surface area contributed by atoms with E-state index in [9.17, 15) is 22.4 Å². The molecule has 202 valence electrons. The van der Waals surface area contributed by atoms with E-state index in [1.54, 1.807) is 37.3 Å². The number of carbonyl (C=O) groups excluding carboxylic acids is 2. The number of sulfonamides is 1. The molecule has 0 aromatic heterocycles. The average Bonchev–Trinajstić information content (AvgIpc) is 2.91. The summed E-state index contributed by atoms with van der Waals surface area (Å²) in [6, 6.07) is 19.1. The summed E-state index contributed by atoms with van der Waals surface area (Å²) in [5.74, 6) is -1.45. The first-order valence-electron chi connectivity index (χ1n) is 12.3. The van der Waals surface area contributed by atoms with Crippen molar-refractivity contribution < 1.29 is 22.4 Å². The third-order valence-corrected chi connectivity index (χ3v) is 8.30. The fourth-order valence-corrected chi connectivity index (χ4v) is 5.44. The molecule has 1 atom stereocenters. The van der Waals surface area contributed by atoms with Gasteiger partial charge in [-0.15, -0.1) is 0 Å². The molecule has 2 amide bonds. The van der Waals surface area contributed by atoms with Gasteiger partial charge in [0.05, 0.1) is 10.6 Å². The molecule has 0 aliphatic rings. The second-order valence-corrected chi connectivity index (χ2v) is 11.5. The van der Waals surface area contributed by atoms with Gasteiger partial charge in [-0.3, -0.25) is 13.9 Å². The Labute approximate surface area is 231 Å². The van der Waals surface area contributed by atoms with E-state index >= 15 is 0 Å². The third-order valence-electron chi connectivity index (χ3n) is 5.99. The predicted octanol–water partition coefficient (Wildman–Crippen LogP) is 5.12. The summed E-state index contributed by atoms with van der Waals surface area (Å²) in [6.45, 7) is 3.67. The number of hydrogen-bond donors (Lipinski definition) is 1. The number of carbonyl (C=O) groups is 2. The normalized spacial score (nSPS) is 12.0. The lowest BCUT2D eigenvalue weighted by atomic mass is 10.1. The van der Waals surface area contributed by atoms with E-state index < -0.39 is 34.3 Å². The zero-order valence-electron chi connectivity index (χ0n) is 21.3. The SMILES string of the molecule is CCCCNC(=O)[C@H](C)N(Cc1ccc(Br)cc1)C(=O)CN(c1ccccc1)S(=O)(=O)c1ccc(F)cc1. The quantitative estimate of drug-likeness (QED) is 0.291. The zero-order chi connectivity index (χ0) is 27.7. The lowest BCUT2D eigenvalue weighted by Gasteiger charge is -2.32. The molecule has 3 rings (SSSR count). The minimum Gasteiger partial charge on any atom is -0.354 e. The van der Waals surface area contributed by atoms with Gasteiger partial charge < -0.3 is 10.2 Å². The third kappa shape index (κ3) is 7.64. The second-order valence-electron chi connectivity index (χ2n) is 8.77. The van der Waals surface area contributed by atoms with Crippen molar-refractivity contribution in [2.45, 2.75) is 44.2 Å². The fraction of sp³-hybridized carbons (Fsp3) is 0.286. The molecule has 0 saturated heterocycles. The molecule has 1 N–H and O–H groups in total. The van der Waals surface area contributed by atoms with Gasteiger partial charge in [0.15, 0.2) is 0 Å².